The lowest BCUT2D eigenvalue weighted by Crippen LogP contribution is -2.36. The first-order valence-corrected chi connectivity index (χ1v) is 16.4. The molecule has 0 aromatic heterocycles. The van der Waals surface area contributed by atoms with Crippen molar-refractivity contribution in [1.29, 1.82) is 0 Å². The molecular weight excluding hydrogens is 567 g/mol. The van der Waals surface area contributed by atoms with Crippen molar-refractivity contribution in [1.82, 2.24) is 0 Å². The van der Waals surface area contributed by atoms with Gasteiger partial charge in [-0.05, 0) is 60.6 Å². The van der Waals surface area contributed by atoms with Crippen molar-refractivity contribution in [3.05, 3.63) is 53.6 Å². The molecule has 2 N–H and O–H groups in total. The summed E-state index contributed by atoms with van der Waals surface area (Å²) in [5, 5.41) is 19.8. The van der Waals surface area contributed by atoms with Crippen LogP contribution in [-0.2, 0) is 16.2 Å². The number of aromatic hydroxyl groups is 2. The van der Waals surface area contributed by atoms with E-state index in [2.05, 4.69) is 6.92 Å². The summed E-state index contributed by atoms with van der Waals surface area (Å²) in [7, 11) is -1.37. The molecule has 0 fully saturated rings. The van der Waals surface area contributed by atoms with Crippen molar-refractivity contribution in [2.75, 3.05) is 17.3 Å². The van der Waals surface area contributed by atoms with E-state index in [9.17, 15) is 36.4 Å². The van der Waals surface area contributed by atoms with Crippen LogP contribution in [0, 0.1) is 0 Å². The Morgan fingerprint density at radius 2 is 1.43 bits per heavy atom. The lowest BCUT2D eigenvalue weighted by molar-refractivity contribution is -0.284. The molecule has 0 saturated heterocycles. The van der Waals surface area contributed by atoms with Gasteiger partial charge in [0.2, 0.25) is 0 Å². The van der Waals surface area contributed by atoms with Crippen molar-refractivity contribution in [3.63, 3.8) is 0 Å². The van der Waals surface area contributed by atoms with Crippen molar-refractivity contribution in [2.45, 2.75) is 99.5 Å². The Morgan fingerprint density at radius 1 is 0.850 bits per heavy atom. The molecule has 1 heterocycles. The number of rotatable bonds is 15. The van der Waals surface area contributed by atoms with E-state index in [1.165, 1.54) is 11.1 Å². The zero-order valence-corrected chi connectivity index (χ0v) is 24.5. The molecule has 0 saturated carbocycles. The second-order valence-electron chi connectivity index (χ2n) is 10.9. The minimum atomic E-state index is -5.55. The molecule has 1 aliphatic heterocycles. The molecule has 3 rings (SSSR count). The number of benzene rings is 2. The van der Waals surface area contributed by atoms with Gasteiger partial charge >= 0.3 is 12.1 Å². The lowest BCUT2D eigenvalue weighted by atomic mass is 9.68. The highest BCUT2D eigenvalue weighted by molar-refractivity contribution is 7.99. The first-order chi connectivity index (χ1) is 18.8. The first kappa shape index (κ1) is 32.7. The van der Waals surface area contributed by atoms with Gasteiger partial charge in [-0.25, -0.2) is 0 Å². The molecule has 0 amide bonds. The molecule has 0 spiro atoms. The van der Waals surface area contributed by atoms with E-state index in [0.717, 1.165) is 55.6 Å². The van der Waals surface area contributed by atoms with E-state index in [1.807, 2.05) is 24.3 Å². The van der Waals surface area contributed by atoms with Gasteiger partial charge in [-0.15, -0.1) is 11.8 Å². The molecule has 0 aliphatic carbocycles. The number of hydrogen-bond acceptors (Lipinski definition) is 4. The number of unbranched alkanes of at least 4 members (excludes halogenated alkanes) is 6. The number of alkyl halides is 5. The standard InChI is InChI=1S/C30H39F5O3S2/c1-28(22-11-13-23(36)14-12-22)21-39-27-20-24(37)15-16-25(27)26(28)10-7-5-3-2-4-6-8-18-40(38)19-9-17-29(31,32)30(33,34)35/h11-16,20,26,36-37H,2-10,17-19,21H2,1H3/t26-,28+,40?/m1/s1. The monoisotopic (exact) mass is 606 g/mol. The molecule has 224 valence electrons. The maximum Gasteiger partial charge on any atom is 0.453 e. The third kappa shape index (κ3) is 8.84. The van der Waals surface area contributed by atoms with Crippen molar-refractivity contribution >= 4 is 22.6 Å². The Hall–Kier alpha value is -1.81. The summed E-state index contributed by atoms with van der Waals surface area (Å²) >= 11 is 1.75. The fourth-order valence-electron chi connectivity index (χ4n) is 5.40. The van der Waals surface area contributed by atoms with Gasteiger partial charge in [-0.1, -0.05) is 63.6 Å². The van der Waals surface area contributed by atoms with Crippen LogP contribution in [0.15, 0.2) is 47.4 Å². The second kappa shape index (κ2) is 14.4. The third-order valence-corrected chi connectivity index (χ3v) is 10.7. The molecule has 0 bridgehead atoms. The summed E-state index contributed by atoms with van der Waals surface area (Å²) in [5.74, 6) is -2.84. The smallest absolute Gasteiger partial charge is 0.453 e. The predicted molar refractivity (Wildman–Crippen MR) is 152 cm³/mol. The van der Waals surface area contributed by atoms with Crippen LogP contribution in [0.3, 0.4) is 0 Å². The van der Waals surface area contributed by atoms with Crippen LogP contribution in [0.1, 0.15) is 88.2 Å². The van der Waals surface area contributed by atoms with Gasteiger partial charge in [-0.2, -0.15) is 22.0 Å². The van der Waals surface area contributed by atoms with Crippen LogP contribution in [0.4, 0.5) is 22.0 Å². The van der Waals surface area contributed by atoms with Gasteiger partial charge in [0.15, 0.2) is 0 Å². The number of fused-ring (bicyclic) bond motifs is 1. The maximum absolute atomic E-state index is 12.9. The summed E-state index contributed by atoms with van der Waals surface area (Å²) in [6, 6.07) is 13.1. The summed E-state index contributed by atoms with van der Waals surface area (Å²) in [6.07, 6.45) is 0.457. The highest BCUT2D eigenvalue weighted by atomic mass is 32.2. The van der Waals surface area contributed by atoms with E-state index < -0.39 is 35.7 Å². The largest absolute Gasteiger partial charge is 0.508 e. The van der Waals surface area contributed by atoms with Gasteiger partial charge in [0, 0.05) is 44.8 Å². The Balaban J connectivity index is 1.38. The molecule has 40 heavy (non-hydrogen) atoms. The molecular formula is C30H39F5O3S2. The Labute approximate surface area is 240 Å². The van der Waals surface area contributed by atoms with Gasteiger partial charge in [0.25, 0.3) is 0 Å². The fraction of sp³-hybridized carbons (Fsp3) is 0.600. The number of hydrogen-bond donors (Lipinski definition) is 2. The molecule has 3 atom stereocenters. The summed E-state index contributed by atoms with van der Waals surface area (Å²) in [5.41, 5.74) is 2.33. The van der Waals surface area contributed by atoms with Crippen LogP contribution in [0.2, 0.25) is 0 Å². The predicted octanol–water partition coefficient (Wildman–Crippen LogP) is 9.09. The van der Waals surface area contributed by atoms with Crippen LogP contribution < -0.4 is 0 Å². The maximum atomic E-state index is 12.9. The summed E-state index contributed by atoms with van der Waals surface area (Å²) in [4.78, 5) is 1.12. The van der Waals surface area contributed by atoms with E-state index in [-0.39, 0.29) is 28.6 Å². The normalized spacial score (nSPS) is 20.3. The molecule has 10 heteroatoms. The number of phenols is 2. The fourth-order valence-corrected chi connectivity index (χ4v) is 8.00. The van der Waals surface area contributed by atoms with Crippen LogP contribution in [-0.4, -0.2) is 43.8 Å². The Morgan fingerprint density at radius 3 is 2.08 bits per heavy atom. The number of phenolic OH excluding ortho intramolecular Hbond substituents is 2. The van der Waals surface area contributed by atoms with Crippen molar-refractivity contribution < 1.29 is 36.4 Å². The lowest BCUT2D eigenvalue weighted by Gasteiger charge is -2.43. The molecule has 2 aromatic rings. The molecule has 2 aromatic carbocycles. The number of halogens is 5. The van der Waals surface area contributed by atoms with Gasteiger partial charge in [0.1, 0.15) is 11.5 Å². The zero-order chi connectivity index (χ0) is 29.4. The zero-order valence-electron chi connectivity index (χ0n) is 22.8. The van der Waals surface area contributed by atoms with E-state index in [0.29, 0.717) is 12.2 Å². The Kier molecular flexibility index (Phi) is 11.8. The van der Waals surface area contributed by atoms with Crippen LogP contribution in [0.25, 0.3) is 0 Å². The van der Waals surface area contributed by atoms with E-state index in [1.54, 1.807) is 30.0 Å². The van der Waals surface area contributed by atoms with Crippen molar-refractivity contribution in [3.8, 4) is 11.5 Å². The summed E-state index contributed by atoms with van der Waals surface area (Å²) in [6.45, 7) is 2.28. The number of thioether (sulfide) groups is 1. The van der Waals surface area contributed by atoms with E-state index in [4.69, 9.17) is 0 Å². The second-order valence-corrected chi connectivity index (χ2v) is 13.7. The minimum absolute atomic E-state index is 0.110. The highest BCUT2D eigenvalue weighted by Gasteiger charge is 2.56. The molecule has 0 radical (unpaired) electrons. The topological polar surface area (TPSA) is 57.5 Å². The van der Waals surface area contributed by atoms with E-state index >= 15 is 0 Å². The molecule has 1 aliphatic rings. The van der Waals surface area contributed by atoms with Gasteiger partial charge in [-0.3, -0.25) is 4.21 Å². The Bertz CT molecular complexity index is 1110. The minimum Gasteiger partial charge on any atom is -0.508 e. The third-order valence-electron chi connectivity index (χ3n) is 7.84. The molecule has 3 nitrogen and oxygen atoms in total. The summed E-state index contributed by atoms with van der Waals surface area (Å²) < 4.78 is 74.4. The van der Waals surface area contributed by atoms with Gasteiger partial charge in [0.05, 0.1) is 0 Å². The van der Waals surface area contributed by atoms with Crippen LogP contribution in [0.5, 0.6) is 11.5 Å². The first-order valence-electron chi connectivity index (χ1n) is 13.9. The quantitative estimate of drug-likeness (QED) is 0.157. The highest BCUT2D eigenvalue weighted by Crippen LogP contribution is 2.52. The van der Waals surface area contributed by atoms with Gasteiger partial charge < -0.3 is 10.2 Å². The SMILES string of the molecule is C[C@@]1(c2ccc(O)cc2)CSc2cc(O)ccc2[C@H]1CCCCCCCCCS(=O)CCCC(F)(F)C(F)(F)F. The molecule has 1 unspecified atom stereocenters. The average molecular weight is 607 g/mol. The average Bonchev–Trinajstić information content (AvgIpc) is 2.88. The van der Waals surface area contributed by atoms with Crippen molar-refractivity contribution in [2.24, 2.45) is 0 Å². The van der Waals surface area contributed by atoms with Crippen LogP contribution >= 0.6 is 11.8 Å².